The van der Waals surface area contributed by atoms with Crippen LogP contribution in [0.25, 0.3) is 0 Å². The van der Waals surface area contributed by atoms with E-state index in [4.69, 9.17) is 4.74 Å². The zero-order chi connectivity index (χ0) is 18.5. The predicted molar refractivity (Wildman–Crippen MR) is 106 cm³/mol. The standard InChI is InChI=1S/C19H19IN2O4/c20-14-6-8-15(9-7-14)21-18(24)17-10-16(23)11-22(17)19(25)26-12-13-4-2-1-3-5-13/h1-9,16-17,23H,10-12H2,(H,21,24)/t16-,17-/m0/s1. The minimum Gasteiger partial charge on any atom is -0.445 e. The Morgan fingerprint density at radius 2 is 1.85 bits per heavy atom. The highest BCUT2D eigenvalue weighted by Gasteiger charge is 2.39. The van der Waals surface area contributed by atoms with E-state index in [0.717, 1.165) is 9.13 Å². The first-order chi connectivity index (χ1) is 12.5. The van der Waals surface area contributed by atoms with E-state index >= 15 is 0 Å². The van der Waals surface area contributed by atoms with Crippen molar-refractivity contribution in [1.82, 2.24) is 4.90 Å². The molecule has 0 saturated carbocycles. The lowest BCUT2D eigenvalue weighted by molar-refractivity contribution is -0.120. The van der Waals surface area contributed by atoms with E-state index in [0.29, 0.717) is 5.69 Å². The van der Waals surface area contributed by atoms with Crippen LogP contribution in [0.3, 0.4) is 0 Å². The molecule has 0 spiro atoms. The molecule has 2 N–H and O–H groups in total. The monoisotopic (exact) mass is 466 g/mol. The van der Waals surface area contributed by atoms with Gasteiger partial charge in [-0.15, -0.1) is 0 Å². The van der Waals surface area contributed by atoms with E-state index in [1.54, 1.807) is 12.1 Å². The molecule has 6 nitrogen and oxygen atoms in total. The van der Waals surface area contributed by atoms with Gasteiger partial charge in [-0.25, -0.2) is 4.79 Å². The van der Waals surface area contributed by atoms with Crippen molar-refractivity contribution in [1.29, 1.82) is 0 Å². The molecule has 1 aliphatic rings. The number of likely N-dealkylation sites (tertiary alicyclic amines) is 1. The summed E-state index contributed by atoms with van der Waals surface area (Å²) in [5.74, 6) is -0.334. The second-order valence-electron chi connectivity index (χ2n) is 6.09. The third-order valence-electron chi connectivity index (χ3n) is 4.13. The van der Waals surface area contributed by atoms with Crippen LogP contribution in [-0.4, -0.2) is 40.7 Å². The molecule has 136 valence electrons. The van der Waals surface area contributed by atoms with Crippen LogP contribution in [0, 0.1) is 3.57 Å². The molecule has 0 unspecified atom stereocenters. The Morgan fingerprint density at radius 3 is 2.54 bits per heavy atom. The van der Waals surface area contributed by atoms with E-state index in [-0.39, 0.29) is 25.5 Å². The van der Waals surface area contributed by atoms with Crippen LogP contribution in [0.4, 0.5) is 10.5 Å². The van der Waals surface area contributed by atoms with Crippen molar-refractivity contribution in [3.63, 3.8) is 0 Å². The van der Waals surface area contributed by atoms with Gasteiger partial charge in [-0.05, 0) is 52.4 Å². The summed E-state index contributed by atoms with van der Waals surface area (Å²) < 4.78 is 6.36. The Balaban J connectivity index is 1.62. The number of anilines is 1. The lowest BCUT2D eigenvalue weighted by Crippen LogP contribution is -2.43. The molecule has 0 bridgehead atoms. The lowest BCUT2D eigenvalue weighted by Gasteiger charge is -2.23. The minimum atomic E-state index is -0.757. The number of ether oxygens (including phenoxy) is 1. The first-order valence-corrected chi connectivity index (χ1v) is 9.32. The summed E-state index contributed by atoms with van der Waals surface area (Å²) in [4.78, 5) is 26.2. The van der Waals surface area contributed by atoms with Crippen molar-refractivity contribution in [3.8, 4) is 0 Å². The zero-order valence-corrected chi connectivity index (χ0v) is 16.1. The topological polar surface area (TPSA) is 78.9 Å². The number of carbonyl (C=O) groups is 2. The molecule has 2 amide bonds. The van der Waals surface area contributed by atoms with Crippen molar-refractivity contribution in [2.75, 3.05) is 11.9 Å². The van der Waals surface area contributed by atoms with Gasteiger partial charge in [-0.2, -0.15) is 0 Å². The molecule has 1 aliphatic heterocycles. The number of aliphatic hydroxyl groups excluding tert-OH is 1. The normalized spacial score (nSPS) is 19.2. The van der Waals surface area contributed by atoms with Gasteiger partial charge in [-0.1, -0.05) is 30.3 Å². The summed E-state index contributed by atoms with van der Waals surface area (Å²) in [7, 11) is 0. The summed E-state index contributed by atoms with van der Waals surface area (Å²) in [6, 6.07) is 15.9. The number of nitrogens with zero attached hydrogens (tertiary/aromatic N) is 1. The fourth-order valence-electron chi connectivity index (χ4n) is 2.83. The number of amides is 2. The van der Waals surface area contributed by atoms with Gasteiger partial charge in [0.2, 0.25) is 5.91 Å². The summed E-state index contributed by atoms with van der Waals surface area (Å²) in [5.41, 5.74) is 1.51. The van der Waals surface area contributed by atoms with Crippen LogP contribution >= 0.6 is 22.6 Å². The van der Waals surface area contributed by atoms with Crippen LogP contribution in [0.1, 0.15) is 12.0 Å². The third-order valence-corrected chi connectivity index (χ3v) is 4.85. The number of hydrogen-bond acceptors (Lipinski definition) is 4. The summed E-state index contributed by atoms with van der Waals surface area (Å²) in [5, 5.41) is 12.7. The Morgan fingerprint density at radius 1 is 1.15 bits per heavy atom. The van der Waals surface area contributed by atoms with Crippen LogP contribution in [-0.2, 0) is 16.1 Å². The van der Waals surface area contributed by atoms with Crippen LogP contribution in [0.15, 0.2) is 54.6 Å². The molecule has 0 aliphatic carbocycles. The van der Waals surface area contributed by atoms with Crippen molar-refractivity contribution in [2.45, 2.75) is 25.2 Å². The fourth-order valence-corrected chi connectivity index (χ4v) is 3.18. The van der Waals surface area contributed by atoms with Gasteiger partial charge in [0.15, 0.2) is 0 Å². The maximum Gasteiger partial charge on any atom is 0.410 e. The van der Waals surface area contributed by atoms with E-state index in [9.17, 15) is 14.7 Å². The van der Waals surface area contributed by atoms with E-state index in [2.05, 4.69) is 27.9 Å². The van der Waals surface area contributed by atoms with Gasteiger partial charge in [-0.3, -0.25) is 9.69 Å². The number of carbonyl (C=O) groups excluding carboxylic acids is 2. The summed E-state index contributed by atoms with van der Waals surface area (Å²) in [6.45, 7) is 0.204. The molecule has 0 radical (unpaired) electrons. The number of aliphatic hydroxyl groups is 1. The molecule has 0 aromatic heterocycles. The van der Waals surface area contributed by atoms with E-state index < -0.39 is 18.2 Å². The molecule has 2 atom stereocenters. The number of hydrogen-bond donors (Lipinski definition) is 2. The Kier molecular flexibility index (Phi) is 6.10. The summed E-state index contributed by atoms with van der Waals surface area (Å²) in [6.07, 6.45) is -1.16. The Hall–Kier alpha value is -2.13. The maximum atomic E-state index is 12.6. The Bertz CT molecular complexity index is 767. The van der Waals surface area contributed by atoms with Crippen molar-refractivity contribution < 1.29 is 19.4 Å². The highest BCUT2D eigenvalue weighted by molar-refractivity contribution is 14.1. The maximum absolute atomic E-state index is 12.6. The number of benzene rings is 2. The van der Waals surface area contributed by atoms with Gasteiger partial charge in [0.1, 0.15) is 12.6 Å². The van der Waals surface area contributed by atoms with Crippen molar-refractivity contribution in [2.24, 2.45) is 0 Å². The quantitative estimate of drug-likeness (QED) is 0.680. The average molecular weight is 466 g/mol. The fraction of sp³-hybridized carbons (Fsp3) is 0.263. The predicted octanol–water partition coefficient (Wildman–Crippen LogP) is 3.00. The molecule has 1 heterocycles. The Labute approximate surface area is 165 Å². The molecule has 2 aromatic rings. The smallest absolute Gasteiger partial charge is 0.410 e. The largest absolute Gasteiger partial charge is 0.445 e. The number of rotatable bonds is 4. The highest BCUT2D eigenvalue weighted by atomic mass is 127. The average Bonchev–Trinajstić information content (AvgIpc) is 3.04. The minimum absolute atomic E-state index is 0.0817. The molecule has 2 aromatic carbocycles. The van der Waals surface area contributed by atoms with Crippen LogP contribution < -0.4 is 5.32 Å². The van der Waals surface area contributed by atoms with Crippen LogP contribution in [0.2, 0.25) is 0 Å². The second-order valence-corrected chi connectivity index (χ2v) is 7.34. The van der Waals surface area contributed by atoms with Crippen LogP contribution in [0.5, 0.6) is 0 Å². The molecule has 3 rings (SSSR count). The van der Waals surface area contributed by atoms with Crippen molar-refractivity contribution >= 4 is 40.3 Å². The lowest BCUT2D eigenvalue weighted by atomic mass is 10.2. The van der Waals surface area contributed by atoms with Gasteiger partial charge >= 0.3 is 6.09 Å². The second kappa shape index (κ2) is 8.50. The number of halogens is 1. The number of nitrogens with one attached hydrogen (secondary N) is 1. The molecule has 26 heavy (non-hydrogen) atoms. The molecule has 7 heteroatoms. The highest BCUT2D eigenvalue weighted by Crippen LogP contribution is 2.21. The third kappa shape index (κ3) is 4.73. The molecule has 1 saturated heterocycles. The summed E-state index contributed by atoms with van der Waals surface area (Å²) >= 11 is 2.18. The van der Waals surface area contributed by atoms with E-state index in [1.807, 2.05) is 42.5 Å². The number of β-amino-alcohol motifs (C(OH)–C–C–N with tert-alkyl or cyclic N) is 1. The molecule has 1 fully saturated rings. The van der Waals surface area contributed by atoms with Crippen molar-refractivity contribution in [3.05, 3.63) is 63.7 Å². The van der Waals surface area contributed by atoms with Gasteiger partial charge < -0.3 is 15.2 Å². The van der Waals surface area contributed by atoms with E-state index in [1.165, 1.54) is 4.90 Å². The van der Waals surface area contributed by atoms with Gasteiger partial charge in [0, 0.05) is 15.7 Å². The van der Waals surface area contributed by atoms with Gasteiger partial charge in [0.25, 0.3) is 0 Å². The zero-order valence-electron chi connectivity index (χ0n) is 14.0. The SMILES string of the molecule is O=C(Nc1ccc(I)cc1)[C@@H]1C[C@H](O)CN1C(=O)OCc1ccccc1. The van der Waals surface area contributed by atoms with Gasteiger partial charge in [0.05, 0.1) is 12.6 Å². The molecular formula is C19H19IN2O4. The first-order valence-electron chi connectivity index (χ1n) is 8.25. The molecular weight excluding hydrogens is 447 g/mol. The first kappa shape index (κ1) is 18.7.